The molecule has 3 rings (SSSR count). The summed E-state index contributed by atoms with van der Waals surface area (Å²) in [5.74, 6) is 1.10. The standard InChI is InChI=1S/C17H15N3O2/c1-21-12-4-2-3-10(7-12)16-13-6-5-11(19)8-15(13)22-17(20)14(16)9-18/h2-8,16H,19-20H2,1H3. The molecule has 5 heteroatoms. The summed E-state index contributed by atoms with van der Waals surface area (Å²) in [6, 6.07) is 15.1. The zero-order valence-electron chi connectivity index (χ0n) is 12.0. The highest BCUT2D eigenvalue weighted by Gasteiger charge is 2.30. The number of nitrogen functional groups attached to an aromatic ring is 1. The average molecular weight is 293 g/mol. The van der Waals surface area contributed by atoms with Crippen molar-refractivity contribution in [2.24, 2.45) is 5.73 Å². The number of hydrogen-bond acceptors (Lipinski definition) is 5. The van der Waals surface area contributed by atoms with Gasteiger partial charge >= 0.3 is 0 Å². The van der Waals surface area contributed by atoms with Crippen molar-refractivity contribution in [3.8, 4) is 17.6 Å². The Labute approximate surface area is 128 Å². The van der Waals surface area contributed by atoms with Gasteiger partial charge in [-0.3, -0.25) is 0 Å². The van der Waals surface area contributed by atoms with E-state index in [1.165, 1.54) is 0 Å². The maximum absolute atomic E-state index is 9.48. The zero-order chi connectivity index (χ0) is 15.7. The van der Waals surface area contributed by atoms with Crippen LogP contribution in [-0.4, -0.2) is 7.11 Å². The molecule has 0 aromatic heterocycles. The normalized spacial score (nSPS) is 16.5. The van der Waals surface area contributed by atoms with Gasteiger partial charge in [-0.05, 0) is 23.8 Å². The number of anilines is 1. The van der Waals surface area contributed by atoms with Crippen molar-refractivity contribution in [2.75, 3.05) is 12.8 Å². The molecular formula is C17H15N3O2. The van der Waals surface area contributed by atoms with Crippen LogP contribution < -0.4 is 20.9 Å². The van der Waals surface area contributed by atoms with Gasteiger partial charge in [0.05, 0.1) is 13.0 Å². The Balaban J connectivity index is 2.21. The van der Waals surface area contributed by atoms with Gasteiger partial charge in [0.25, 0.3) is 0 Å². The van der Waals surface area contributed by atoms with E-state index in [2.05, 4.69) is 6.07 Å². The Morgan fingerprint density at radius 1 is 1.18 bits per heavy atom. The van der Waals surface area contributed by atoms with E-state index < -0.39 is 0 Å². The number of nitrogens with zero attached hydrogens (tertiary/aromatic N) is 1. The second kappa shape index (κ2) is 5.34. The Kier molecular flexibility index (Phi) is 3.36. The fourth-order valence-corrected chi connectivity index (χ4v) is 2.64. The molecule has 0 spiro atoms. The highest BCUT2D eigenvalue weighted by Crippen LogP contribution is 2.43. The summed E-state index contributed by atoms with van der Waals surface area (Å²) >= 11 is 0. The molecule has 0 fully saturated rings. The molecule has 2 aromatic rings. The minimum atomic E-state index is -0.301. The number of hydrogen-bond donors (Lipinski definition) is 2. The largest absolute Gasteiger partial charge is 0.497 e. The molecule has 0 radical (unpaired) electrons. The Morgan fingerprint density at radius 2 is 2.00 bits per heavy atom. The van der Waals surface area contributed by atoms with Crippen molar-refractivity contribution in [2.45, 2.75) is 5.92 Å². The smallest absolute Gasteiger partial charge is 0.205 e. The van der Waals surface area contributed by atoms with Crippen molar-refractivity contribution in [1.82, 2.24) is 0 Å². The minimum Gasteiger partial charge on any atom is -0.497 e. The van der Waals surface area contributed by atoms with Crippen molar-refractivity contribution < 1.29 is 9.47 Å². The van der Waals surface area contributed by atoms with Crippen LogP contribution in [0.2, 0.25) is 0 Å². The minimum absolute atomic E-state index is 0.105. The summed E-state index contributed by atoms with van der Waals surface area (Å²) in [6.45, 7) is 0. The van der Waals surface area contributed by atoms with Gasteiger partial charge < -0.3 is 20.9 Å². The van der Waals surface area contributed by atoms with E-state index in [4.69, 9.17) is 20.9 Å². The van der Waals surface area contributed by atoms with Crippen LogP contribution >= 0.6 is 0 Å². The maximum Gasteiger partial charge on any atom is 0.205 e. The fraction of sp³-hybridized carbons (Fsp3) is 0.118. The zero-order valence-corrected chi connectivity index (χ0v) is 12.0. The number of nitriles is 1. The molecule has 0 bridgehead atoms. The number of rotatable bonds is 2. The van der Waals surface area contributed by atoms with Crippen molar-refractivity contribution in [3.05, 3.63) is 65.0 Å². The SMILES string of the molecule is COc1cccc(C2C(C#N)=C(N)Oc3cc(N)ccc32)c1. The Morgan fingerprint density at radius 3 is 2.73 bits per heavy atom. The van der Waals surface area contributed by atoms with E-state index in [1.54, 1.807) is 19.2 Å². The van der Waals surface area contributed by atoms with E-state index in [1.807, 2.05) is 30.3 Å². The second-order valence-corrected chi connectivity index (χ2v) is 5.00. The summed E-state index contributed by atoms with van der Waals surface area (Å²) in [4.78, 5) is 0. The van der Waals surface area contributed by atoms with Crippen molar-refractivity contribution >= 4 is 5.69 Å². The molecule has 1 aliphatic heterocycles. The first kappa shape index (κ1) is 13.8. The number of nitrogens with two attached hydrogens (primary N) is 2. The van der Waals surface area contributed by atoms with Gasteiger partial charge in [-0.15, -0.1) is 0 Å². The van der Waals surface area contributed by atoms with E-state index in [0.717, 1.165) is 16.9 Å². The highest BCUT2D eigenvalue weighted by molar-refractivity contribution is 5.59. The number of methoxy groups -OCH3 is 1. The summed E-state index contributed by atoms with van der Waals surface area (Å²) in [7, 11) is 1.60. The molecule has 0 saturated heterocycles. The van der Waals surface area contributed by atoms with Gasteiger partial charge in [0.2, 0.25) is 5.88 Å². The molecule has 1 unspecified atom stereocenters. The number of fused-ring (bicyclic) bond motifs is 1. The molecule has 0 saturated carbocycles. The van der Waals surface area contributed by atoms with Crippen molar-refractivity contribution in [1.29, 1.82) is 5.26 Å². The van der Waals surface area contributed by atoms with Crippen LogP contribution in [0.5, 0.6) is 11.5 Å². The van der Waals surface area contributed by atoms with Crippen LogP contribution in [0.4, 0.5) is 5.69 Å². The lowest BCUT2D eigenvalue weighted by molar-refractivity contribution is 0.393. The lowest BCUT2D eigenvalue weighted by Crippen LogP contribution is -2.21. The molecule has 22 heavy (non-hydrogen) atoms. The van der Waals surface area contributed by atoms with Gasteiger partial charge in [-0.1, -0.05) is 18.2 Å². The predicted molar refractivity (Wildman–Crippen MR) is 83.1 cm³/mol. The van der Waals surface area contributed by atoms with Crippen LogP contribution in [-0.2, 0) is 0 Å². The summed E-state index contributed by atoms with van der Waals surface area (Å²) < 4.78 is 10.8. The monoisotopic (exact) mass is 293 g/mol. The third-order valence-corrected chi connectivity index (χ3v) is 3.67. The van der Waals surface area contributed by atoms with Crippen LogP contribution in [0.25, 0.3) is 0 Å². The first-order chi connectivity index (χ1) is 10.6. The maximum atomic E-state index is 9.48. The summed E-state index contributed by atoms with van der Waals surface area (Å²) in [5.41, 5.74) is 14.4. The Hall–Kier alpha value is -3.13. The highest BCUT2D eigenvalue weighted by atomic mass is 16.5. The molecule has 0 amide bonds. The number of ether oxygens (including phenoxy) is 2. The van der Waals surface area contributed by atoms with Crippen LogP contribution in [0.15, 0.2) is 53.9 Å². The topological polar surface area (TPSA) is 94.3 Å². The van der Waals surface area contributed by atoms with Crippen LogP contribution in [0, 0.1) is 11.3 Å². The molecule has 110 valence electrons. The molecular weight excluding hydrogens is 278 g/mol. The quantitative estimate of drug-likeness (QED) is 0.830. The van der Waals surface area contributed by atoms with Gasteiger partial charge in [-0.2, -0.15) is 5.26 Å². The second-order valence-electron chi connectivity index (χ2n) is 5.00. The van der Waals surface area contributed by atoms with E-state index in [0.29, 0.717) is 17.0 Å². The van der Waals surface area contributed by atoms with Crippen LogP contribution in [0.1, 0.15) is 17.0 Å². The summed E-state index contributed by atoms with van der Waals surface area (Å²) in [5, 5.41) is 9.48. The number of allylic oxidation sites excluding steroid dienone is 1. The molecule has 1 aliphatic rings. The predicted octanol–water partition coefficient (Wildman–Crippen LogP) is 2.50. The van der Waals surface area contributed by atoms with Gasteiger partial charge in [-0.25, -0.2) is 0 Å². The Bertz CT molecular complexity index is 806. The lowest BCUT2D eigenvalue weighted by atomic mass is 9.83. The van der Waals surface area contributed by atoms with Gasteiger partial charge in [0.1, 0.15) is 23.1 Å². The molecule has 4 N–H and O–H groups in total. The molecule has 1 heterocycles. The van der Waals surface area contributed by atoms with Gasteiger partial charge in [0, 0.05) is 17.3 Å². The van der Waals surface area contributed by atoms with E-state index in [-0.39, 0.29) is 11.8 Å². The lowest BCUT2D eigenvalue weighted by Gasteiger charge is -2.26. The van der Waals surface area contributed by atoms with Crippen molar-refractivity contribution in [3.63, 3.8) is 0 Å². The molecule has 0 aliphatic carbocycles. The third kappa shape index (κ3) is 2.21. The summed E-state index contributed by atoms with van der Waals surface area (Å²) in [6.07, 6.45) is 0. The average Bonchev–Trinajstić information content (AvgIpc) is 2.53. The van der Waals surface area contributed by atoms with E-state index >= 15 is 0 Å². The van der Waals surface area contributed by atoms with E-state index in [9.17, 15) is 5.26 Å². The number of benzene rings is 2. The first-order valence-corrected chi connectivity index (χ1v) is 6.75. The molecule has 1 atom stereocenters. The molecule has 5 nitrogen and oxygen atoms in total. The molecule has 2 aromatic carbocycles. The first-order valence-electron chi connectivity index (χ1n) is 6.75. The van der Waals surface area contributed by atoms with Crippen LogP contribution in [0.3, 0.4) is 0 Å². The fourth-order valence-electron chi connectivity index (χ4n) is 2.64. The van der Waals surface area contributed by atoms with Gasteiger partial charge in [0.15, 0.2) is 0 Å². The third-order valence-electron chi connectivity index (χ3n) is 3.67.